The number of nitrogens with one attached hydrogen (secondary N) is 2. The highest BCUT2D eigenvalue weighted by molar-refractivity contribution is 5.92. The quantitative estimate of drug-likeness (QED) is 0.432. The van der Waals surface area contributed by atoms with Gasteiger partial charge in [-0.3, -0.25) is 0 Å². The minimum absolute atomic E-state index is 0.736. The summed E-state index contributed by atoms with van der Waals surface area (Å²) in [7, 11) is 0. The van der Waals surface area contributed by atoms with Crippen molar-refractivity contribution in [1.82, 2.24) is 0 Å². The molecular formula is C12H12N4. The maximum atomic E-state index is 5.74. The van der Waals surface area contributed by atoms with Crippen molar-refractivity contribution < 1.29 is 0 Å². The van der Waals surface area contributed by atoms with Gasteiger partial charge in [0.05, 0.1) is 22.7 Å². The molecule has 0 unspecified atom stereocenters. The number of rotatable bonds is 0. The predicted octanol–water partition coefficient (Wildman–Crippen LogP) is 2.65. The fourth-order valence-corrected chi connectivity index (χ4v) is 1.84. The van der Waals surface area contributed by atoms with E-state index in [9.17, 15) is 0 Å². The van der Waals surface area contributed by atoms with Crippen molar-refractivity contribution in [2.45, 2.75) is 0 Å². The summed E-state index contributed by atoms with van der Waals surface area (Å²) >= 11 is 0. The van der Waals surface area contributed by atoms with Crippen molar-refractivity contribution in [3.8, 4) is 0 Å². The number of nitrogen functional groups attached to an aromatic ring is 2. The zero-order valence-electron chi connectivity index (χ0n) is 8.62. The summed E-state index contributed by atoms with van der Waals surface area (Å²) in [6.45, 7) is 0. The number of fused-ring (bicyclic) bond motifs is 2. The smallest absolute Gasteiger partial charge is 0.0644 e. The molecule has 0 fully saturated rings. The number of hydrogen-bond acceptors (Lipinski definition) is 4. The van der Waals surface area contributed by atoms with Gasteiger partial charge in [-0.15, -0.1) is 0 Å². The van der Waals surface area contributed by atoms with Gasteiger partial charge in [0.15, 0.2) is 0 Å². The molecule has 0 amide bonds. The molecule has 2 aromatic carbocycles. The largest absolute Gasteiger partial charge is 0.399 e. The second-order valence-corrected chi connectivity index (χ2v) is 3.86. The van der Waals surface area contributed by atoms with Crippen LogP contribution in [0, 0.1) is 0 Å². The van der Waals surface area contributed by atoms with Crippen LogP contribution in [-0.2, 0) is 0 Å². The molecule has 16 heavy (non-hydrogen) atoms. The maximum absolute atomic E-state index is 5.74. The zero-order chi connectivity index (χ0) is 11.1. The van der Waals surface area contributed by atoms with Crippen LogP contribution in [-0.4, -0.2) is 0 Å². The maximum Gasteiger partial charge on any atom is 0.0644 e. The third kappa shape index (κ3) is 1.32. The van der Waals surface area contributed by atoms with E-state index >= 15 is 0 Å². The summed E-state index contributed by atoms with van der Waals surface area (Å²) in [6, 6.07) is 11.4. The van der Waals surface area contributed by atoms with Gasteiger partial charge in [0.2, 0.25) is 0 Å². The standard InChI is InChI=1S/C12H12N4/c13-7-1-3-9-11(5-7)16-12-6-8(14)2-4-10(12)15-9/h1-6,15-16H,13-14H2. The summed E-state index contributed by atoms with van der Waals surface area (Å²) < 4.78 is 0. The molecule has 0 saturated carbocycles. The first-order chi connectivity index (χ1) is 7.72. The van der Waals surface area contributed by atoms with Gasteiger partial charge in [-0.25, -0.2) is 0 Å². The first kappa shape index (κ1) is 8.91. The molecule has 0 aliphatic carbocycles. The highest BCUT2D eigenvalue weighted by Crippen LogP contribution is 2.39. The Morgan fingerprint density at radius 1 is 0.625 bits per heavy atom. The molecule has 0 aromatic heterocycles. The van der Waals surface area contributed by atoms with Crippen LogP contribution in [0.3, 0.4) is 0 Å². The molecule has 3 rings (SSSR count). The molecule has 1 aliphatic rings. The van der Waals surface area contributed by atoms with E-state index in [4.69, 9.17) is 11.5 Å². The van der Waals surface area contributed by atoms with Crippen LogP contribution >= 0.6 is 0 Å². The fourth-order valence-electron chi connectivity index (χ4n) is 1.84. The molecule has 0 radical (unpaired) electrons. The lowest BCUT2D eigenvalue weighted by molar-refractivity contribution is 1.45. The highest BCUT2D eigenvalue weighted by atomic mass is 15.0. The van der Waals surface area contributed by atoms with Gasteiger partial charge in [0, 0.05) is 11.4 Å². The van der Waals surface area contributed by atoms with E-state index in [0.29, 0.717) is 0 Å². The van der Waals surface area contributed by atoms with Gasteiger partial charge in [-0.05, 0) is 36.4 Å². The van der Waals surface area contributed by atoms with Crippen LogP contribution in [0.15, 0.2) is 36.4 Å². The van der Waals surface area contributed by atoms with Crippen LogP contribution in [0.5, 0.6) is 0 Å². The van der Waals surface area contributed by atoms with E-state index in [1.807, 2.05) is 36.4 Å². The monoisotopic (exact) mass is 212 g/mol. The number of nitrogens with two attached hydrogens (primary N) is 2. The SMILES string of the molecule is Nc1ccc2c(c1)Nc1cc(N)ccc1N2. The van der Waals surface area contributed by atoms with E-state index in [1.54, 1.807) is 0 Å². The highest BCUT2D eigenvalue weighted by Gasteiger charge is 2.13. The summed E-state index contributed by atoms with van der Waals surface area (Å²) in [5.41, 5.74) is 16.9. The average molecular weight is 212 g/mol. The van der Waals surface area contributed by atoms with Gasteiger partial charge in [-0.2, -0.15) is 0 Å². The minimum atomic E-state index is 0.736. The van der Waals surface area contributed by atoms with Crippen molar-refractivity contribution in [2.75, 3.05) is 22.1 Å². The second kappa shape index (κ2) is 3.06. The predicted molar refractivity (Wildman–Crippen MR) is 68.3 cm³/mol. The third-order valence-electron chi connectivity index (χ3n) is 2.63. The van der Waals surface area contributed by atoms with Gasteiger partial charge in [0.1, 0.15) is 0 Å². The molecule has 1 aliphatic heterocycles. The Morgan fingerprint density at radius 3 is 1.56 bits per heavy atom. The third-order valence-corrected chi connectivity index (χ3v) is 2.63. The van der Waals surface area contributed by atoms with Crippen molar-refractivity contribution in [1.29, 1.82) is 0 Å². The number of anilines is 6. The number of benzene rings is 2. The molecule has 2 aromatic rings. The molecule has 0 bridgehead atoms. The van der Waals surface area contributed by atoms with E-state index < -0.39 is 0 Å². The molecule has 6 N–H and O–H groups in total. The Morgan fingerprint density at radius 2 is 1.06 bits per heavy atom. The van der Waals surface area contributed by atoms with Crippen molar-refractivity contribution in [3.05, 3.63) is 36.4 Å². The molecule has 80 valence electrons. The molecule has 0 spiro atoms. The lowest BCUT2D eigenvalue weighted by atomic mass is 10.1. The molecule has 4 heteroatoms. The Labute approximate surface area is 93.3 Å². The summed E-state index contributed by atoms with van der Waals surface area (Å²) in [6.07, 6.45) is 0. The molecular weight excluding hydrogens is 200 g/mol. The average Bonchev–Trinajstić information content (AvgIpc) is 2.26. The molecule has 0 atom stereocenters. The van der Waals surface area contributed by atoms with Crippen LogP contribution in [0.25, 0.3) is 0 Å². The van der Waals surface area contributed by atoms with Gasteiger partial charge < -0.3 is 22.1 Å². The van der Waals surface area contributed by atoms with E-state index in [1.165, 1.54) is 0 Å². The van der Waals surface area contributed by atoms with E-state index in [2.05, 4.69) is 10.6 Å². The van der Waals surface area contributed by atoms with Gasteiger partial charge >= 0.3 is 0 Å². The zero-order valence-corrected chi connectivity index (χ0v) is 8.62. The van der Waals surface area contributed by atoms with Crippen molar-refractivity contribution >= 4 is 34.1 Å². The lowest BCUT2D eigenvalue weighted by Crippen LogP contribution is -2.07. The fraction of sp³-hybridized carbons (Fsp3) is 0. The topological polar surface area (TPSA) is 76.1 Å². The van der Waals surface area contributed by atoms with Crippen LogP contribution in [0.4, 0.5) is 34.1 Å². The molecule has 1 heterocycles. The van der Waals surface area contributed by atoms with E-state index in [-0.39, 0.29) is 0 Å². The number of hydrogen-bond donors (Lipinski definition) is 4. The Balaban J connectivity index is 2.10. The Kier molecular flexibility index (Phi) is 1.71. The summed E-state index contributed by atoms with van der Waals surface area (Å²) in [4.78, 5) is 0. The van der Waals surface area contributed by atoms with E-state index in [0.717, 1.165) is 34.1 Å². The van der Waals surface area contributed by atoms with Crippen LogP contribution < -0.4 is 22.1 Å². The van der Waals surface area contributed by atoms with Crippen LogP contribution in [0.2, 0.25) is 0 Å². The first-order valence-electron chi connectivity index (χ1n) is 5.05. The van der Waals surface area contributed by atoms with Crippen LogP contribution in [0.1, 0.15) is 0 Å². The lowest BCUT2D eigenvalue weighted by Gasteiger charge is -2.23. The summed E-state index contributed by atoms with van der Waals surface area (Å²) in [5, 5.41) is 6.62. The summed E-state index contributed by atoms with van der Waals surface area (Å²) in [5.74, 6) is 0. The molecule has 0 saturated heterocycles. The Bertz CT molecular complexity index is 513. The first-order valence-corrected chi connectivity index (χ1v) is 5.05. The van der Waals surface area contributed by atoms with Crippen molar-refractivity contribution in [3.63, 3.8) is 0 Å². The Hall–Kier alpha value is -2.36. The minimum Gasteiger partial charge on any atom is -0.399 e. The van der Waals surface area contributed by atoms with Gasteiger partial charge in [0.25, 0.3) is 0 Å². The normalized spacial score (nSPS) is 12.0. The van der Waals surface area contributed by atoms with Crippen molar-refractivity contribution in [2.24, 2.45) is 0 Å². The second-order valence-electron chi connectivity index (χ2n) is 3.86. The molecule has 4 nitrogen and oxygen atoms in total. The van der Waals surface area contributed by atoms with Gasteiger partial charge in [-0.1, -0.05) is 0 Å².